The van der Waals surface area contributed by atoms with Crippen LogP contribution in [0, 0.1) is 5.41 Å². The van der Waals surface area contributed by atoms with Crippen LogP contribution in [0.4, 0.5) is 0 Å². The van der Waals surface area contributed by atoms with Gasteiger partial charge in [0.15, 0.2) is 0 Å². The second-order valence-corrected chi connectivity index (χ2v) is 5.17. The average Bonchev–Trinajstić information content (AvgIpc) is 2.90. The van der Waals surface area contributed by atoms with Crippen molar-refractivity contribution in [2.45, 2.75) is 31.6 Å². The molecule has 1 unspecified atom stereocenters. The zero-order valence-electron chi connectivity index (χ0n) is 9.37. The lowest BCUT2D eigenvalue weighted by Gasteiger charge is -2.28. The van der Waals surface area contributed by atoms with Gasteiger partial charge in [0, 0.05) is 32.3 Å². The summed E-state index contributed by atoms with van der Waals surface area (Å²) >= 11 is 0. The molecule has 1 saturated carbocycles. The molecular formula is C12H19N3. The van der Waals surface area contributed by atoms with Gasteiger partial charge in [0.05, 0.1) is 5.69 Å². The van der Waals surface area contributed by atoms with Gasteiger partial charge >= 0.3 is 0 Å². The monoisotopic (exact) mass is 205 g/mol. The number of nitrogens with zero attached hydrogens (tertiary/aromatic N) is 2. The summed E-state index contributed by atoms with van der Waals surface area (Å²) in [5, 5.41) is 8.15. The molecule has 3 heteroatoms. The minimum atomic E-state index is 0.536. The maximum atomic E-state index is 4.59. The summed E-state index contributed by atoms with van der Waals surface area (Å²) in [6.07, 6.45) is 7.66. The summed E-state index contributed by atoms with van der Waals surface area (Å²) in [6, 6.07) is 2.19. The van der Waals surface area contributed by atoms with Crippen LogP contribution in [-0.4, -0.2) is 22.9 Å². The van der Waals surface area contributed by atoms with E-state index in [-0.39, 0.29) is 0 Å². The number of nitrogens with one attached hydrogen (secondary N) is 1. The lowest BCUT2D eigenvalue weighted by Crippen LogP contribution is -2.25. The van der Waals surface area contributed by atoms with Gasteiger partial charge in [0.1, 0.15) is 0 Å². The molecule has 1 aromatic heterocycles. The molecule has 0 amide bonds. The fraction of sp³-hybridized carbons (Fsp3) is 0.750. The van der Waals surface area contributed by atoms with E-state index in [4.69, 9.17) is 0 Å². The lowest BCUT2D eigenvalue weighted by molar-refractivity contribution is 0.290. The number of aryl methyl sites for hydroxylation is 1. The molecule has 2 heterocycles. The molecule has 82 valence electrons. The van der Waals surface area contributed by atoms with Gasteiger partial charge in [-0.25, -0.2) is 0 Å². The van der Waals surface area contributed by atoms with Crippen LogP contribution in [0.25, 0.3) is 0 Å². The SMILES string of the molecule is Cn1ccc(C2CNCC23CCCC3)n1. The maximum Gasteiger partial charge on any atom is 0.0674 e. The first-order valence-corrected chi connectivity index (χ1v) is 6.00. The highest BCUT2D eigenvalue weighted by atomic mass is 15.3. The minimum absolute atomic E-state index is 0.536. The first kappa shape index (κ1) is 9.40. The van der Waals surface area contributed by atoms with E-state index < -0.39 is 0 Å². The molecule has 3 rings (SSSR count). The molecule has 1 aliphatic carbocycles. The van der Waals surface area contributed by atoms with Gasteiger partial charge in [0.25, 0.3) is 0 Å². The van der Waals surface area contributed by atoms with Gasteiger partial charge in [0.2, 0.25) is 0 Å². The second kappa shape index (κ2) is 3.34. The van der Waals surface area contributed by atoms with Crippen LogP contribution in [0.1, 0.15) is 37.3 Å². The van der Waals surface area contributed by atoms with Crippen LogP contribution in [0.15, 0.2) is 12.3 Å². The molecule has 15 heavy (non-hydrogen) atoms. The normalized spacial score (nSPS) is 29.0. The summed E-state index contributed by atoms with van der Waals surface area (Å²) in [5.74, 6) is 0.654. The van der Waals surface area contributed by atoms with Crippen LogP contribution in [0.2, 0.25) is 0 Å². The summed E-state index contributed by atoms with van der Waals surface area (Å²) in [7, 11) is 2.01. The van der Waals surface area contributed by atoms with Crippen molar-refractivity contribution in [3.8, 4) is 0 Å². The van der Waals surface area contributed by atoms with Gasteiger partial charge in [-0.2, -0.15) is 5.10 Å². The summed E-state index contributed by atoms with van der Waals surface area (Å²) in [5.41, 5.74) is 1.83. The molecule has 1 aromatic rings. The maximum absolute atomic E-state index is 4.59. The predicted octanol–water partition coefficient (Wildman–Crippen LogP) is 1.67. The summed E-state index contributed by atoms with van der Waals surface area (Å²) in [4.78, 5) is 0. The van der Waals surface area contributed by atoms with E-state index in [0.29, 0.717) is 11.3 Å². The highest BCUT2D eigenvalue weighted by Crippen LogP contribution is 2.50. The Morgan fingerprint density at radius 1 is 1.47 bits per heavy atom. The predicted molar refractivity (Wildman–Crippen MR) is 59.7 cm³/mol. The van der Waals surface area contributed by atoms with E-state index in [2.05, 4.69) is 22.7 Å². The van der Waals surface area contributed by atoms with Crippen LogP contribution in [0.5, 0.6) is 0 Å². The third kappa shape index (κ3) is 1.41. The Labute approximate surface area is 90.9 Å². The van der Waals surface area contributed by atoms with Gasteiger partial charge < -0.3 is 5.32 Å². The van der Waals surface area contributed by atoms with Gasteiger partial charge in [-0.1, -0.05) is 12.8 Å². The van der Waals surface area contributed by atoms with E-state index in [1.165, 1.54) is 37.9 Å². The van der Waals surface area contributed by atoms with Crippen molar-refractivity contribution in [1.29, 1.82) is 0 Å². The highest BCUT2D eigenvalue weighted by molar-refractivity contribution is 5.17. The molecule has 1 N–H and O–H groups in total. The molecule has 1 spiro atoms. The van der Waals surface area contributed by atoms with E-state index in [9.17, 15) is 0 Å². The molecular weight excluding hydrogens is 186 g/mol. The average molecular weight is 205 g/mol. The zero-order chi connectivity index (χ0) is 10.3. The molecule has 2 aliphatic rings. The summed E-state index contributed by atoms with van der Waals surface area (Å²) < 4.78 is 1.93. The first-order chi connectivity index (χ1) is 7.30. The third-order valence-electron chi connectivity index (χ3n) is 4.26. The van der Waals surface area contributed by atoms with Gasteiger partial charge in [-0.3, -0.25) is 4.68 Å². The van der Waals surface area contributed by atoms with Crippen molar-refractivity contribution >= 4 is 0 Å². The second-order valence-electron chi connectivity index (χ2n) is 5.17. The van der Waals surface area contributed by atoms with Crippen molar-refractivity contribution in [3.05, 3.63) is 18.0 Å². The molecule has 0 aromatic carbocycles. The Kier molecular flexibility index (Phi) is 2.09. The molecule has 0 radical (unpaired) electrons. The Hall–Kier alpha value is -0.830. The van der Waals surface area contributed by atoms with Crippen LogP contribution in [-0.2, 0) is 7.05 Å². The van der Waals surface area contributed by atoms with E-state index in [1.54, 1.807) is 0 Å². The molecule has 3 nitrogen and oxygen atoms in total. The van der Waals surface area contributed by atoms with E-state index in [0.717, 1.165) is 6.54 Å². The Balaban J connectivity index is 1.91. The fourth-order valence-electron chi connectivity index (χ4n) is 3.45. The molecule has 1 atom stereocenters. The van der Waals surface area contributed by atoms with E-state index in [1.807, 2.05) is 11.7 Å². The largest absolute Gasteiger partial charge is 0.315 e. The van der Waals surface area contributed by atoms with Crippen molar-refractivity contribution in [1.82, 2.24) is 15.1 Å². The fourth-order valence-corrected chi connectivity index (χ4v) is 3.45. The smallest absolute Gasteiger partial charge is 0.0674 e. The van der Waals surface area contributed by atoms with Crippen molar-refractivity contribution in [2.75, 3.05) is 13.1 Å². The number of hydrogen-bond donors (Lipinski definition) is 1. The minimum Gasteiger partial charge on any atom is -0.315 e. The number of rotatable bonds is 1. The Bertz CT molecular complexity index is 344. The van der Waals surface area contributed by atoms with Gasteiger partial charge in [-0.15, -0.1) is 0 Å². The third-order valence-corrected chi connectivity index (χ3v) is 4.26. The van der Waals surface area contributed by atoms with Crippen molar-refractivity contribution in [2.24, 2.45) is 12.5 Å². The topological polar surface area (TPSA) is 29.9 Å². The van der Waals surface area contributed by atoms with Gasteiger partial charge in [-0.05, 0) is 24.3 Å². The van der Waals surface area contributed by atoms with E-state index >= 15 is 0 Å². The molecule has 1 aliphatic heterocycles. The van der Waals surface area contributed by atoms with Crippen LogP contribution < -0.4 is 5.32 Å². The lowest BCUT2D eigenvalue weighted by atomic mass is 9.75. The Morgan fingerprint density at radius 3 is 2.93 bits per heavy atom. The van der Waals surface area contributed by atoms with Crippen LogP contribution >= 0.6 is 0 Å². The molecule has 2 fully saturated rings. The van der Waals surface area contributed by atoms with Crippen molar-refractivity contribution in [3.63, 3.8) is 0 Å². The number of hydrogen-bond acceptors (Lipinski definition) is 2. The number of aromatic nitrogens is 2. The zero-order valence-corrected chi connectivity index (χ0v) is 9.37. The van der Waals surface area contributed by atoms with Crippen LogP contribution in [0.3, 0.4) is 0 Å². The first-order valence-electron chi connectivity index (χ1n) is 6.00. The quantitative estimate of drug-likeness (QED) is 0.755. The summed E-state index contributed by atoms with van der Waals surface area (Å²) in [6.45, 7) is 2.32. The highest BCUT2D eigenvalue weighted by Gasteiger charge is 2.46. The molecule has 1 saturated heterocycles. The Morgan fingerprint density at radius 2 is 2.27 bits per heavy atom. The molecule has 0 bridgehead atoms. The van der Waals surface area contributed by atoms with Crippen molar-refractivity contribution < 1.29 is 0 Å². The standard InChI is InChI=1S/C12H19N3/c1-15-7-4-11(14-15)10-8-13-9-12(10)5-2-3-6-12/h4,7,10,13H,2-3,5-6,8-9H2,1H3.